The summed E-state index contributed by atoms with van der Waals surface area (Å²) < 4.78 is 18.8. The summed E-state index contributed by atoms with van der Waals surface area (Å²) in [5, 5.41) is 6.51. The highest BCUT2D eigenvalue weighted by molar-refractivity contribution is 6.32. The van der Waals surface area contributed by atoms with Crippen molar-refractivity contribution in [1.82, 2.24) is 24.6 Å². The van der Waals surface area contributed by atoms with Crippen LogP contribution in [-0.2, 0) is 9.47 Å². The topological polar surface area (TPSA) is 77.8 Å². The Morgan fingerprint density at radius 3 is 2.61 bits per heavy atom. The number of nitrogens with zero attached hydrogens (tertiary/aromatic N) is 6. The lowest BCUT2D eigenvalue weighted by molar-refractivity contribution is 0.0988. The first kappa shape index (κ1) is 22.7. The second-order valence-corrected chi connectivity index (χ2v) is 10.8. The molecule has 4 fully saturated rings. The smallest absolute Gasteiger partial charge is 0.320 e. The molecule has 9 nitrogen and oxygen atoms in total. The minimum absolute atomic E-state index is 0.280. The summed E-state index contributed by atoms with van der Waals surface area (Å²) in [5.41, 5.74) is 2.20. The molecule has 4 aliphatic rings. The average Bonchev–Trinajstić information content (AvgIpc) is 3.73. The van der Waals surface area contributed by atoms with Crippen LogP contribution in [0, 0.1) is 0 Å². The van der Waals surface area contributed by atoms with E-state index in [-0.39, 0.29) is 6.10 Å². The van der Waals surface area contributed by atoms with E-state index in [0.717, 1.165) is 86.9 Å². The van der Waals surface area contributed by atoms with Gasteiger partial charge in [-0.1, -0.05) is 11.6 Å². The number of rotatable bonds is 5. The van der Waals surface area contributed by atoms with Crippen LogP contribution < -0.4 is 9.64 Å². The van der Waals surface area contributed by atoms with E-state index < -0.39 is 0 Å². The van der Waals surface area contributed by atoms with Crippen molar-refractivity contribution in [2.24, 2.45) is 0 Å². The van der Waals surface area contributed by atoms with Gasteiger partial charge in [-0.3, -0.25) is 4.90 Å². The van der Waals surface area contributed by atoms with E-state index in [1.54, 1.807) is 7.11 Å². The Labute approximate surface area is 215 Å². The fourth-order valence-corrected chi connectivity index (χ4v) is 6.70. The SMILES string of the molecule is COc1nc(N2C[C@@H]3C[C@H]2CO3)cc(-n2ncc3cc(Cl)c(C4CCN(C5CCOC5)CC4)cc32)n1. The molecule has 2 bridgehead atoms. The van der Waals surface area contributed by atoms with Crippen molar-refractivity contribution in [3.63, 3.8) is 0 Å². The summed E-state index contributed by atoms with van der Waals surface area (Å²) in [6.45, 7) is 5.51. The number of fused-ring (bicyclic) bond motifs is 3. The van der Waals surface area contributed by atoms with Crippen LogP contribution in [0.2, 0.25) is 5.02 Å². The first-order chi connectivity index (χ1) is 17.7. The molecule has 3 aromatic rings. The van der Waals surface area contributed by atoms with E-state index in [4.69, 9.17) is 30.9 Å². The third-order valence-corrected chi connectivity index (χ3v) is 8.68. The van der Waals surface area contributed by atoms with Gasteiger partial charge in [-0.2, -0.15) is 15.1 Å². The lowest BCUT2D eigenvalue weighted by atomic mass is 9.88. The zero-order valence-corrected chi connectivity index (χ0v) is 21.2. The van der Waals surface area contributed by atoms with Gasteiger partial charge >= 0.3 is 6.01 Å². The molecule has 3 atom stereocenters. The van der Waals surface area contributed by atoms with Gasteiger partial charge in [0.05, 0.1) is 44.2 Å². The van der Waals surface area contributed by atoms with Crippen LogP contribution in [0.1, 0.15) is 37.2 Å². The maximum atomic E-state index is 6.82. The Kier molecular flexibility index (Phi) is 5.76. The van der Waals surface area contributed by atoms with Gasteiger partial charge in [0, 0.05) is 35.7 Å². The second-order valence-electron chi connectivity index (χ2n) is 10.4. The maximum absolute atomic E-state index is 6.82. The number of morpholine rings is 1. The van der Waals surface area contributed by atoms with Gasteiger partial charge in [-0.05, 0) is 62.4 Å². The molecule has 0 amide bonds. The number of likely N-dealkylation sites (tertiary alicyclic amines) is 1. The molecule has 0 aliphatic carbocycles. The van der Waals surface area contributed by atoms with E-state index >= 15 is 0 Å². The quantitative estimate of drug-likeness (QED) is 0.516. The molecular formula is C26H31ClN6O3. The summed E-state index contributed by atoms with van der Waals surface area (Å²) in [7, 11) is 1.60. The third-order valence-electron chi connectivity index (χ3n) is 8.35. The second kappa shape index (κ2) is 9.13. The van der Waals surface area contributed by atoms with Crippen molar-refractivity contribution >= 4 is 28.3 Å². The number of methoxy groups -OCH3 is 1. The summed E-state index contributed by atoms with van der Waals surface area (Å²) >= 11 is 6.82. The minimum atomic E-state index is 0.280. The molecule has 1 aromatic carbocycles. The number of benzene rings is 1. The molecule has 0 spiro atoms. The molecule has 4 aliphatic heterocycles. The van der Waals surface area contributed by atoms with Crippen LogP contribution in [0.25, 0.3) is 16.7 Å². The van der Waals surface area contributed by atoms with Crippen LogP contribution in [0.3, 0.4) is 0 Å². The fourth-order valence-electron chi connectivity index (χ4n) is 6.37. The normalized spacial score (nSPS) is 26.9. The molecule has 0 radical (unpaired) electrons. The standard InChI is InChI=1S/C26H31ClN6O3/c1-34-26-29-24(32-13-20-9-19(32)15-36-20)11-25(30-26)33-23-10-21(22(27)8-17(23)12-28-33)16-2-5-31(6-3-16)18-4-7-35-14-18/h8,10-12,16,18-20H,2-7,9,13-15H2,1H3/t18?,19-,20-/m0/s1. The molecule has 4 saturated heterocycles. The number of anilines is 1. The molecule has 0 saturated carbocycles. The van der Waals surface area contributed by atoms with Gasteiger partial charge in [0.25, 0.3) is 0 Å². The number of hydrogen-bond acceptors (Lipinski definition) is 8. The molecule has 10 heteroatoms. The van der Waals surface area contributed by atoms with Crippen LogP contribution in [0.4, 0.5) is 5.82 Å². The number of piperidine rings is 1. The summed E-state index contributed by atoms with van der Waals surface area (Å²) in [6, 6.07) is 7.53. The lowest BCUT2D eigenvalue weighted by Gasteiger charge is -2.35. The molecule has 36 heavy (non-hydrogen) atoms. The summed E-state index contributed by atoms with van der Waals surface area (Å²) in [6.07, 6.45) is 6.52. The van der Waals surface area contributed by atoms with Crippen molar-refractivity contribution in [2.45, 2.75) is 49.8 Å². The van der Waals surface area contributed by atoms with E-state index in [1.165, 1.54) is 5.56 Å². The fraction of sp³-hybridized carbons (Fsp3) is 0.577. The first-order valence-electron chi connectivity index (χ1n) is 13.0. The Morgan fingerprint density at radius 2 is 1.89 bits per heavy atom. The Hall–Kier alpha value is -2.46. The number of ether oxygens (including phenoxy) is 3. The Bertz CT molecular complexity index is 1270. The monoisotopic (exact) mass is 510 g/mol. The van der Waals surface area contributed by atoms with Crippen LogP contribution in [0.5, 0.6) is 6.01 Å². The lowest BCUT2D eigenvalue weighted by Crippen LogP contribution is -2.41. The third kappa shape index (κ3) is 3.93. The van der Waals surface area contributed by atoms with Crippen molar-refractivity contribution in [3.05, 3.63) is 35.0 Å². The molecule has 7 rings (SSSR count). The van der Waals surface area contributed by atoms with Crippen LogP contribution >= 0.6 is 11.6 Å². The minimum Gasteiger partial charge on any atom is -0.467 e. The predicted molar refractivity (Wildman–Crippen MR) is 136 cm³/mol. The van der Waals surface area contributed by atoms with Gasteiger partial charge in [0.15, 0.2) is 5.82 Å². The first-order valence-corrected chi connectivity index (χ1v) is 13.3. The Balaban J connectivity index is 1.20. The molecule has 2 aromatic heterocycles. The number of halogens is 1. The van der Waals surface area contributed by atoms with Gasteiger partial charge in [-0.25, -0.2) is 4.68 Å². The van der Waals surface area contributed by atoms with Crippen LogP contribution in [0.15, 0.2) is 24.4 Å². The molecule has 0 N–H and O–H groups in total. The van der Waals surface area contributed by atoms with Gasteiger partial charge in [0.2, 0.25) is 0 Å². The van der Waals surface area contributed by atoms with Gasteiger partial charge in [0.1, 0.15) is 5.82 Å². The van der Waals surface area contributed by atoms with E-state index in [2.05, 4.69) is 25.8 Å². The molecular weight excluding hydrogens is 480 g/mol. The molecule has 1 unspecified atom stereocenters. The maximum Gasteiger partial charge on any atom is 0.320 e. The van der Waals surface area contributed by atoms with Crippen molar-refractivity contribution in [2.75, 3.05) is 51.5 Å². The predicted octanol–water partition coefficient (Wildman–Crippen LogP) is 3.42. The van der Waals surface area contributed by atoms with Crippen molar-refractivity contribution < 1.29 is 14.2 Å². The summed E-state index contributed by atoms with van der Waals surface area (Å²) in [5.74, 6) is 1.98. The number of aromatic nitrogens is 4. The highest BCUT2D eigenvalue weighted by Gasteiger charge is 2.40. The van der Waals surface area contributed by atoms with E-state index in [9.17, 15) is 0 Å². The van der Waals surface area contributed by atoms with Crippen molar-refractivity contribution in [3.8, 4) is 11.8 Å². The van der Waals surface area contributed by atoms with Crippen LogP contribution in [-0.4, -0.2) is 89.4 Å². The summed E-state index contributed by atoms with van der Waals surface area (Å²) in [4.78, 5) is 14.2. The molecule has 190 valence electrons. The average molecular weight is 511 g/mol. The zero-order valence-electron chi connectivity index (χ0n) is 20.5. The zero-order chi connectivity index (χ0) is 24.2. The highest BCUT2D eigenvalue weighted by Crippen LogP contribution is 2.37. The molecule has 6 heterocycles. The Morgan fingerprint density at radius 1 is 1.03 bits per heavy atom. The largest absolute Gasteiger partial charge is 0.467 e. The van der Waals surface area contributed by atoms with Gasteiger partial charge in [-0.15, -0.1) is 0 Å². The van der Waals surface area contributed by atoms with Gasteiger partial charge < -0.3 is 19.1 Å². The van der Waals surface area contributed by atoms with E-state index in [1.807, 2.05) is 23.0 Å². The highest BCUT2D eigenvalue weighted by atomic mass is 35.5. The number of hydrogen-bond donors (Lipinski definition) is 0. The van der Waals surface area contributed by atoms with E-state index in [0.29, 0.717) is 29.8 Å². The van der Waals surface area contributed by atoms with Crippen molar-refractivity contribution in [1.29, 1.82) is 0 Å².